The predicted molar refractivity (Wildman–Crippen MR) is 136 cm³/mol. The molecule has 170 valence electrons. The van der Waals surface area contributed by atoms with Crippen LogP contribution in [-0.2, 0) is 4.79 Å². The molecule has 2 aromatic heterocycles. The van der Waals surface area contributed by atoms with Gasteiger partial charge in [0.1, 0.15) is 0 Å². The van der Waals surface area contributed by atoms with Crippen molar-refractivity contribution in [2.24, 2.45) is 5.92 Å². The van der Waals surface area contributed by atoms with Crippen LogP contribution in [0.5, 0.6) is 0 Å². The molecule has 5 rings (SSSR count). The zero-order valence-corrected chi connectivity index (χ0v) is 20.5. The fraction of sp³-hybridized carbons (Fsp3) is 0.320. The van der Waals surface area contributed by atoms with Crippen LogP contribution < -0.4 is 10.2 Å². The van der Waals surface area contributed by atoms with Gasteiger partial charge >= 0.3 is 0 Å². The van der Waals surface area contributed by atoms with E-state index >= 15 is 0 Å². The van der Waals surface area contributed by atoms with Crippen LogP contribution in [0.25, 0.3) is 16.0 Å². The first kappa shape index (κ1) is 21.9. The number of nitrogens with zero attached hydrogens (tertiary/aromatic N) is 4. The standard InChI is InChI=1S/C25H26ClN5OS/c1-15-6-10-20(11-7-15)31-23-22(17(3)29-31)33-25(28-23)30-12-4-5-18(14-30)24(32)27-19-9-8-16(2)21(26)13-19/h6-11,13,18H,4-5,12,14H2,1-3H3,(H,27,32)/t18-/m0/s1. The second kappa shape index (κ2) is 8.80. The number of halogens is 1. The summed E-state index contributed by atoms with van der Waals surface area (Å²) in [7, 11) is 0. The van der Waals surface area contributed by atoms with Gasteiger partial charge in [-0.05, 0) is 63.4 Å². The molecule has 33 heavy (non-hydrogen) atoms. The zero-order chi connectivity index (χ0) is 23.1. The van der Waals surface area contributed by atoms with Crippen molar-refractivity contribution in [3.63, 3.8) is 0 Å². The van der Waals surface area contributed by atoms with Crippen molar-refractivity contribution in [2.75, 3.05) is 23.3 Å². The molecule has 1 saturated heterocycles. The number of benzene rings is 2. The number of amides is 1. The summed E-state index contributed by atoms with van der Waals surface area (Å²) in [5.74, 6) is -0.0664. The molecule has 0 unspecified atom stereocenters. The highest BCUT2D eigenvalue weighted by Gasteiger charge is 2.28. The van der Waals surface area contributed by atoms with Gasteiger partial charge in [-0.3, -0.25) is 4.79 Å². The first-order chi connectivity index (χ1) is 15.9. The number of carbonyl (C=O) groups excluding carboxylic acids is 1. The SMILES string of the molecule is Cc1ccc(-n2nc(C)c3sc(N4CCC[C@H](C(=O)Nc5ccc(C)c(Cl)c5)C4)nc32)cc1. The number of hydrogen-bond acceptors (Lipinski definition) is 5. The summed E-state index contributed by atoms with van der Waals surface area (Å²) >= 11 is 7.87. The molecule has 0 aliphatic carbocycles. The molecule has 0 bridgehead atoms. The van der Waals surface area contributed by atoms with Crippen LogP contribution in [0, 0.1) is 26.7 Å². The predicted octanol–water partition coefficient (Wildman–Crippen LogP) is 5.92. The maximum atomic E-state index is 13.0. The average molecular weight is 480 g/mol. The van der Waals surface area contributed by atoms with Crippen LogP contribution in [0.1, 0.15) is 29.7 Å². The third-order valence-electron chi connectivity index (χ3n) is 6.16. The quantitative estimate of drug-likeness (QED) is 0.395. The minimum absolute atomic E-state index is 0.0303. The van der Waals surface area contributed by atoms with Gasteiger partial charge in [-0.25, -0.2) is 4.68 Å². The first-order valence-corrected chi connectivity index (χ1v) is 12.3. The van der Waals surface area contributed by atoms with E-state index in [1.54, 1.807) is 11.3 Å². The Bertz CT molecular complexity index is 1330. The molecule has 3 heterocycles. The molecule has 1 aliphatic rings. The Hall–Kier alpha value is -2.90. The Kier molecular flexibility index (Phi) is 5.85. The van der Waals surface area contributed by atoms with E-state index in [4.69, 9.17) is 21.7 Å². The lowest BCUT2D eigenvalue weighted by atomic mass is 9.97. The van der Waals surface area contributed by atoms with Gasteiger partial charge in [-0.15, -0.1) is 0 Å². The van der Waals surface area contributed by atoms with Crippen LogP contribution in [0.3, 0.4) is 0 Å². The van der Waals surface area contributed by atoms with Crippen molar-refractivity contribution in [2.45, 2.75) is 33.6 Å². The van der Waals surface area contributed by atoms with E-state index in [0.717, 1.165) is 57.5 Å². The Morgan fingerprint density at radius 2 is 1.94 bits per heavy atom. The number of hydrogen-bond donors (Lipinski definition) is 1. The molecule has 1 atom stereocenters. The van der Waals surface area contributed by atoms with Gasteiger partial charge in [0.25, 0.3) is 0 Å². The topological polar surface area (TPSA) is 63.1 Å². The van der Waals surface area contributed by atoms with Gasteiger partial charge < -0.3 is 10.2 Å². The lowest BCUT2D eigenvalue weighted by Crippen LogP contribution is -2.40. The monoisotopic (exact) mass is 479 g/mol. The summed E-state index contributed by atoms with van der Waals surface area (Å²) in [6.45, 7) is 7.59. The Labute approximate surface area is 202 Å². The molecule has 1 aliphatic heterocycles. The number of anilines is 2. The maximum Gasteiger partial charge on any atom is 0.229 e. The van der Waals surface area contributed by atoms with Crippen molar-refractivity contribution in [3.05, 3.63) is 64.3 Å². The highest BCUT2D eigenvalue weighted by atomic mass is 35.5. The van der Waals surface area contributed by atoms with E-state index < -0.39 is 0 Å². The van der Waals surface area contributed by atoms with Gasteiger partial charge in [-0.1, -0.05) is 46.7 Å². The summed E-state index contributed by atoms with van der Waals surface area (Å²) < 4.78 is 3.01. The van der Waals surface area contributed by atoms with Crippen LogP contribution in [0.2, 0.25) is 5.02 Å². The molecule has 1 N–H and O–H groups in total. The second-order valence-corrected chi connectivity index (χ2v) is 10.1. The summed E-state index contributed by atoms with van der Waals surface area (Å²) in [6.07, 6.45) is 1.81. The molecule has 6 nitrogen and oxygen atoms in total. The number of piperidine rings is 1. The van der Waals surface area contributed by atoms with Crippen molar-refractivity contribution >= 4 is 50.0 Å². The third-order valence-corrected chi connectivity index (χ3v) is 7.78. The molecule has 0 spiro atoms. The maximum absolute atomic E-state index is 13.0. The van der Waals surface area contributed by atoms with Gasteiger partial charge in [0.15, 0.2) is 10.8 Å². The lowest BCUT2D eigenvalue weighted by Gasteiger charge is -2.31. The molecular formula is C25H26ClN5OS. The minimum atomic E-state index is -0.0967. The number of carbonyl (C=O) groups is 1. The lowest BCUT2D eigenvalue weighted by molar-refractivity contribution is -0.120. The highest BCUT2D eigenvalue weighted by Crippen LogP contribution is 2.34. The zero-order valence-electron chi connectivity index (χ0n) is 18.9. The number of aryl methyl sites for hydroxylation is 3. The van der Waals surface area contributed by atoms with Gasteiger partial charge in [0.2, 0.25) is 5.91 Å². The number of rotatable bonds is 4. The molecule has 4 aromatic rings. The smallest absolute Gasteiger partial charge is 0.229 e. The van der Waals surface area contributed by atoms with Crippen LogP contribution >= 0.6 is 22.9 Å². The summed E-state index contributed by atoms with van der Waals surface area (Å²) in [6, 6.07) is 13.9. The molecule has 0 radical (unpaired) electrons. The van der Waals surface area contributed by atoms with Crippen LogP contribution in [0.4, 0.5) is 10.8 Å². The van der Waals surface area contributed by atoms with Gasteiger partial charge in [-0.2, -0.15) is 10.1 Å². The molecule has 0 saturated carbocycles. The van der Waals surface area contributed by atoms with Crippen LogP contribution in [0.15, 0.2) is 42.5 Å². The van der Waals surface area contributed by atoms with E-state index in [0.29, 0.717) is 11.6 Å². The minimum Gasteiger partial charge on any atom is -0.347 e. The van der Waals surface area contributed by atoms with E-state index in [9.17, 15) is 4.79 Å². The van der Waals surface area contributed by atoms with Crippen molar-refractivity contribution in [1.29, 1.82) is 0 Å². The fourth-order valence-electron chi connectivity index (χ4n) is 4.20. The van der Waals surface area contributed by atoms with Crippen molar-refractivity contribution in [1.82, 2.24) is 14.8 Å². The molecular weight excluding hydrogens is 454 g/mol. The molecule has 1 fully saturated rings. The average Bonchev–Trinajstić information content (AvgIpc) is 3.38. The number of fused-ring (bicyclic) bond motifs is 1. The number of thiazole rings is 1. The second-order valence-electron chi connectivity index (χ2n) is 8.72. The largest absolute Gasteiger partial charge is 0.347 e. The Balaban J connectivity index is 1.36. The fourth-order valence-corrected chi connectivity index (χ4v) is 5.41. The van der Waals surface area contributed by atoms with E-state index in [-0.39, 0.29) is 11.8 Å². The van der Waals surface area contributed by atoms with Crippen molar-refractivity contribution in [3.8, 4) is 5.69 Å². The summed E-state index contributed by atoms with van der Waals surface area (Å²) in [5.41, 5.74) is 5.79. The normalized spacial score (nSPS) is 16.4. The molecule has 1 amide bonds. The first-order valence-electron chi connectivity index (χ1n) is 11.1. The summed E-state index contributed by atoms with van der Waals surface area (Å²) in [4.78, 5) is 20.2. The highest BCUT2D eigenvalue weighted by molar-refractivity contribution is 7.22. The van der Waals surface area contributed by atoms with Crippen molar-refractivity contribution < 1.29 is 4.79 Å². The number of aromatic nitrogens is 3. The Morgan fingerprint density at radius 1 is 1.15 bits per heavy atom. The molecule has 8 heteroatoms. The van der Waals surface area contributed by atoms with E-state index in [1.165, 1.54) is 5.56 Å². The van der Waals surface area contributed by atoms with Gasteiger partial charge in [0, 0.05) is 23.8 Å². The van der Waals surface area contributed by atoms with Gasteiger partial charge in [0.05, 0.1) is 22.0 Å². The number of nitrogens with one attached hydrogen (secondary N) is 1. The third kappa shape index (κ3) is 4.35. The van der Waals surface area contributed by atoms with E-state index in [1.807, 2.05) is 36.7 Å². The molecule has 2 aromatic carbocycles. The van der Waals surface area contributed by atoms with Crippen LogP contribution in [-0.4, -0.2) is 33.8 Å². The summed E-state index contributed by atoms with van der Waals surface area (Å²) in [5, 5.41) is 9.35. The Morgan fingerprint density at radius 3 is 2.70 bits per heavy atom. The van der Waals surface area contributed by atoms with E-state index in [2.05, 4.69) is 41.4 Å².